The average molecular weight is 237 g/mol. The number of nitrogens with one attached hydrogen (secondary N) is 1. The van der Waals surface area contributed by atoms with E-state index in [-0.39, 0.29) is 0 Å². The van der Waals surface area contributed by atoms with Crippen LogP contribution in [0.3, 0.4) is 0 Å². The first-order chi connectivity index (χ1) is 7.78. The molecule has 84 valence electrons. The van der Waals surface area contributed by atoms with Crippen molar-refractivity contribution in [3.8, 4) is 5.75 Å². The number of hydrogen-bond acceptors (Lipinski definition) is 3. The largest absolute Gasteiger partial charge is 0.494 e. The highest BCUT2D eigenvalue weighted by molar-refractivity contribution is 6.30. The SMILES string of the molecule is COc1cc(C2=C[C@H]3NC[C@H]3C2)cnc1Cl. The van der Waals surface area contributed by atoms with Gasteiger partial charge in [-0.25, -0.2) is 4.98 Å². The second kappa shape index (κ2) is 3.75. The fourth-order valence-corrected chi connectivity index (χ4v) is 2.52. The van der Waals surface area contributed by atoms with Gasteiger partial charge in [0.15, 0.2) is 10.9 Å². The number of methoxy groups -OCH3 is 1. The van der Waals surface area contributed by atoms with Gasteiger partial charge in [0.05, 0.1) is 7.11 Å². The molecule has 1 saturated heterocycles. The van der Waals surface area contributed by atoms with E-state index in [1.54, 1.807) is 7.11 Å². The summed E-state index contributed by atoms with van der Waals surface area (Å²) in [6.45, 7) is 1.13. The third-order valence-corrected chi connectivity index (χ3v) is 3.67. The highest BCUT2D eigenvalue weighted by atomic mass is 35.5. The summed E-state index contributed by atoms with van der Waals surface area (Å²) in [5.41, 5.74) is 2.47. The van der Waals surface area contributed by atoms with Gasteiger partial charge in [0.1, 0.15) is 0 Å². The van der Waals surface area contributed by atoms with E-state index in [0.717, 1.165) is 24.4 Å². The molecule has 1 aromatic rings. The Labute approximate surface area is 99.5 Å². The highest BCUT2D eigenvalue weighted by Crippen LogP contribution is 2.37. The number of fused-ring (bicyclic) bond motifs is 1. The smallest absolute Gasteiger partial charge is 0.171 e. The van der Waals surface area contributed by atoms with Crippen LogP contribution in [0.4, 0.5) is 0 Å². The van der Waals surface area contributed by atoms with E-state index >= 15 is 0 Å². The molecule has 3 nitrogen and oxygen atoms in total. The monoisotopic (exact) mass is 236 g/mol. The van der Waals surface area contributed by atoms with Crippen molar-refractivity contribution in [1.29, 1.82) is 0 Å². The van der Waals surface area contributed by atoms with E-state index in [1.165, 1.54) is 5.57 Å². The van der Waals surface area contributed by atoms with Crippen LogP contribution in [0.15, 0.2) is 18.3 Å². The zero-order valence-electron chi connectivity index (χ0n) is 9.03. The van der Waals surface area contributed by atoms with Crippen molar-refractivity contribution < 1.29 is 4.74 Å². The van der Waals surface area contributed by atoms with Crippen LogP contribution in [0.25, 0.3) is 5.57 Å². The molecule has 0 radical (unpaired) electrons. The molecule has 1 aliphatic carbocycles. The van der Waals surface area contributed by atoms with Gasteiger partial charge >= 0.3 is 0 Å². The Morgan fingerprint density at radius 1 is 1.56 bits per heavy atom. The topological polar surface area (TPSA) is 34.1 Å². The summed E-state index contributed by atoms with van der Waals surface area (Å²) in [6.07, 6.45) is 5.24. The average Bonchev–Trinajstić information content (AvgIpc) is 2.56. The van der Waals surface area contributed by atoms with E-state index in [0.29, 0.717) is 16.9 Å². The molecule has 16 heavy (non-hydrogen) atoms. The second-order valence-electron chi connectivity index (χ2n) is 4.31. The van der Waals surface area contributed by atoms with Gasteiger partial charge < -0.3 is 10.1 Å². The summed E-state index contributed by atoms with van der Waals surface area (Å²) >= 11 is 5.90. The Morgan fingerprint density at radius 2 is 2.44 bits per heavy atom. The number of hydrogen-bond donors (Lipinski definition) is 1. The first-order valence-corrected chi connectivity index (χ1v) is 5.79. The van der Waals surface area contributed by atoms with Gasteiger partial charge in [-0.2, -0.15) is 0 Å². The van der Waals surface area contributed by atoms with Gasteiger partial charge in [-0.1, -0.05) is 17.7 Å². The van der Waals surface area contributed by atoms with E-state index < -0.39 is 0 Å². The Kier molecular flexibility index (Phi) is 2.37. The van der Waals surface area contributed by atoms with Crippen molar-refractivity contribution in [2.75, 3.05) is 13.7 Å². The van der Waals surface area contributed by atoms with Crippen LogP contribution >= 0.6 is 11.6 Å². The standard InChI is InChI=1S/C12H13ClN2O/c1-16-11-4-8(5-15-12(11)13)7-2-9-6-14-10(9)3-7/h3-5,9-10,14H,2,6H2,1H3/t9-,10-/m1/s1. The number of allylic oxidation sites excluding steroid dienone is 1. The third-order valence-electron chi connectivity index (χ3n) is 3.38. The normalized spacial score (nSPS) is 27.0. The lowest BCUT2D eigenvalue weighted by Gasteiger charge is -2.31. The van der Waals surface area contributed by atoms with Crippen molar-refractivity contribution >= 4 is 17.2 Å². The van der Waals surface area contributed by atoms with Crippen molar-refractivity contribution in [2.24, 2.45) is 5.92 Å². The number of halogens is 1. The van der Waals surface area contributed by atoms with Gasteiger partial charge in [-0.3, -0.25) is 0 Å². The molecule has 4 heteroatoms. The minimum Gasteiger partial charge on any atom is -0.494 e. The molecule has 0 bridgehead atoms. The Morgan fingerprint density at radius 3 is 3.00 bits per heavy atom. The van der Waals surface area contributed by atoms with Crippen molar-refractivity contribution in [3.63, 3.8) is 0 Å². The molecule has 2 heterocycles. The minimum atomic E-state index is 0.422. The molecule has 1 aliphatic heterocycles. The van der Waals surface area contributed by atoms with E-state index in [4.69, 9.17) is 16.3 Å². The van der Waals surface area contributed by atoms with Crippen LogP contribution in [-0.4, -0.2) is 24.7 Å². The van der Waals surface area contributed by atoms with Gasteiger partial charge in [0, 0.05) is 18.8 Å². The van der Waals surface area contributed by atoms with Crippen molar-refractivity contribution in [1.82, 2.24) is 10.3 Å². The molecule has 0 spiro atoms. The van der Waals surface area contributed by atoms with Crippen molar-refractivity contribution in [3.05, 3.63) is 29.1 Å². The zero-order valence-corrected chi connectivity index (χ0v) is 9.79. The molecular weight excluding hydrogens is 224 g/mol. The number of nitrogens with zero attached hydrogens (tertiary/aromatic N) is 1. The van der Waals surface area contributed by atoms with Crippen LogP contribution in [0.1, 0.15) is 12.0 Å². The molecule has 0 aromatic carbocycles. The summed E-state index contributed by atoms with van der Waals surface area (Å²) < 4.78 is 5.18. The summed E-state index contributed by atoms with van der Waals surface area (Å²) in [5.74, 6) is 1.42. The van der Waals surface area contributed by atoms with Gasteiger partial charge in [0.2, 0.25) is 0 Å². The lowest BCUT2D eigenvalue weighted by Crippen LogP contribution is -2.49. The van der Waals surface area contributed by atoms with E-state index in [2.05, 4.69) is 16.4 Å². The summed E-state index contributed by atoms with van der Waals surface area (Å²) in [5, 5.41) is 3.82. The molecule has 2 aliphatic rings. The van der Waals surface area contributed by atoms with Crippen molar-refractivity contribution in [2.45, 2.75) is 12.5 Å². The van der Waals surface area contributed by atoms with Gasteiger partial charge in [0.25, 0.3) is 0 Å². The molecule has 1 N–H and O–H groups in total. The molecular formula is C12H13ClN2O. The fourth-order valence-electron chi connectivity index (χ4n) is 2.34. The second-order valence-corrected chi connectivity index (χ2v) is 4.67. The number of aromatic nitrogens is 1. The third kappa shape index (κ3) is 1.51. The highest BCUT2D eigenvalue weighted by Gasteiger charge is 2.34. The molecule has 3 rings (SSSR count). The Balaban J connectivity index is 1.92. The zero-order chi connectivity index (χ0) is 11.1. The quantitative estimate of drug-likeness (QED) is 0.799. The minimum absolute atomic E-state index is 0.422. The number of ether oxygens (including phenoxy) is 1. The maximum Gasteiger partial charge on any atom is 0.171 e. The Hall–Kier alpha value is -1.06. The molecule has 0 saturated carbocycles. The van der Waals surface area contributed by atoms with Gasteiger partial charge in [-0.05, 0) is 29.5 Å². The van der Waals surface area contributed by atoms with Crippen LogP contribution in [0, 0.1) is 5.92 Å². The van der Waals surface area contributed by atoms with Crippen LogP contribution < -0.4 is 10.1 Å². The summed E-state index contributed by atoms with van der Waals surface area (Å²) in [7, 11) is 1.61. The molecule has 0 unspecified atom stereocenters. The molecule has 0 amide bonds. The summed E-state index contributed by atoms with van der Waals surface area (Å²) in [4.78, 5) is 4.14. The first kappa shape index (κ1) is 10.1. The van der Waals surface area contributed by atoms with E-state index in [9.17, 15) is 0 Å². The lowest BCUT2D eigenvalue weighted by molar-refractivity contribution is 0.301. The maximum absolute atomic E-state index is 5.90. The van der Waals surface area contributed by atoms with Crippen LogP contribution in [0.5, 0.6) is 5.75 Å². The summed E-state index contributed by atoms with van der Waals surface area (Å²) in [6, 6.07) is 2.53. The maximum atomic E-state index is 5.90. The van der Waals surface area contributed by atoms with Gasteiger partial charge in [-0.15, -0.1) is 0 Å². The molecule has 1 fully saturated rings. The molecule has 2 atom stereocenters. The Bertz CT molecular complexity index is 458. The fraction of sp³-hybridized carbons (Fsp3) is 0.417. The first-order valence-electron chi connectivity index (χ1n) is 5.42. The van der Waals surface area contributed by atoms with E-state index in [1.807, 2.05) is 12.3 Å². The number of rotatable bonds is 2. The lowest BCUT2D eigenvalue weighted by atomic mass is 9.94. The predicted octanol–water partition coefficient (Wildman–Crippen LogP) is 2.12. The number of pyridine rings is 1. The van der Waals surface area contributed by atoms with Crippen LogP contribution in [0.2, 0.25) is 5.15 Å². The molecule has 1 aromatic heterocycles. The predicted molar refractivity (Wildman–Crippen MR) is 63.7 cm³/mol. The van der Waals surface area contributed by atoms with Crippen LogP contribution in [-0.2, 0) is 0 Å².